The zero-order valence-corrected chi connectivity index (χ0v) is 10.3. The second kappa shape index (κ2) is 5.82. The lowest BCUT2D eigenvalue weighted by Gasteiger charge is -2.31. The van der Waals surface area contributed by atoms with E-state index in [1.165, 1.54) is 0 Å². The lowest BCUT2D eigenvalue weighted by atomic mass is 10.1. The third-order valence-corrected chi connectivity index (χ3v) is 2.86. The number of ether oxygens (including phenoxy) is 1. The molecule has 2 N–H and O–H groups in total. The van der Waals surface area contributed by atoms with Crippen LogP contribution in [0, 0.1) is 0 Å². The quantitative estimate of drug-likeness (QED) is 0.850. The van der Waals surface area contributed by atoms with Gasteiger partial charge in [-0.3, -0.25) is 0 Å². The fraction of sp³-hybridized carbons (Fsp3) is 0.667. The van der Waals surface area contributed by atoms with Gasteiger partial charge < -0.3 is 15.4 Å². The molecule has 0 amide bonds. The second-order valence-electron chi connectivity index (χ2n) is 4.41. The third-order valence-electron chi connectivity index (χ3n) is 2.86. The molecule has 0 bridgehead atoms. The van der Waals surface area contributed by atoms with Crippen LogP contribution in [0.15, 0.2) is 12.4 Å². The zero-order valence-electron chi connectivity index (χ0n) is 10.3. The molecule has 0 saturated carbocycles. The first kappa shape index (κ1) is 12.1. The molecule has 1 aliphatic heterocycles. The molecule has 0 unspecified atom stereocenters. The van der Waals surface area contributed by atoms with Crippen molar-refractivity contribution in [1.82, 2.24) is 9.97 Å². The van der Waals surface area contributed by atoms with Crippen LogP contribution in [0.1, 0.15) is 26.2 Å². The van der Waals surface area contributed by atoms with Crippen molar-refractivity contribution in [1.29, 1.82) is 0 Å². The van der Waals surface area contributed by atoms with Gasteiger partial charge in [0.2, 0.25) is 5.88 Å². The average Bonchev–Trinajstić information content (AvgIpc) is 2.37. The Morgan fingerprint density at radius 3 is 3.18 bits per heavy atom. The van der Waals surface area contributed by atoms with Gasteiger partial charge in [-0.05, 0) is 19.3 Å². The van der Waals surface area contributed by atoms with E-state index in [1.54, 1.807) is 6.33 Å². The van der Waals surface area contributed by atoms with Crippen LogP contribution >= 0.6 is 0 Å². The Morgan fingerprint density at radius 1 is 1.53 bits per heavy atom. The maximum Gasteiger partial charge on any atom is 0.218 e. The van der Waals surface area contributed by atoms with Gasteiger partial charge in [-0.25, -0.2) is 9.97 Å². The number of hydrogen-bond donors (Lipinski definition) is 1. The van der Waals surface area contributed by atoms with E-state index in [0.29, 0.717) is 12.5 Å². The van der Waals surface area contributed by atoms with Crippen LogP contribution in [-0.2, 0) is 0 Å². The van der Waals surface area contributed by atoms with Crippen molar-refractivity contribution in [3.63, 3.8) is 0 Å². The number of rotatable bonds is 4. The fourth-order valence-corrected chi connectivity index (χ4v) is 2.01. The predicted octanol–water partition coefficient (Wildman–Crippen LogP) is 1.19. The summed E-state index contributed by atoms with van der Waals surface area (Å²) >= 11 is 0. The van der Waals surface area contributed by atoms with Gasteiger partial charge in [0.1, 0.15) is 12.1 Å². The topological polar surface area (TPSA) is 64.3 Å². The van der Waals surface area contributed by atoms with Crippen LogP contribution in [0.5, 0.6) is 5.88 Å². The summed E-state index contributed by atoms with van der Waals surface area (Å²) in [5, 5.41) is 0. The molecule has 5 nitrogen and oxygen atoms in total. The highest BCUT2D eigenvalue weighted by molar-refractivity contribution is 5.41. The van der Waals surface area contributed by atoms with Crippen molar-refractivity contribution in [2.45, 2.75) is 32.2 Å². The van der Waals surface area contributed by atoms with Gasteiger partial charge in [-0.2, -0.15) is 0 Å². The molecule has 1 atom stereocenters. The van der Waals surface area contributed by atoms with Crippen molar-refractivity contribution >= 4 is 5.82 Å². The molecule has 2 rings (SSSR count). The van der Waals surface area contributed by atoms with E-state index in [1.807, 2.05) is 6.07 Å². The smallest absolute Gasteiger partial charge is 0.218 e. The molecule has 0 aromatic carbocycles. The van der Waals surface area contributed by atoms with Crippen LogP contribution < -0.4 is 15.4 Å². The summed E-state index contributed by atoms with van der Waals surface area (Å²) in [6.07, 6.45) is 4.76. The number of nitrogens with zero attached hydrogens (tertiary/aromatic N) is 3. The Hall–Kier alpha value is -1.36. The van der Waals surface area contributed by atoms with Crippen molar-refractivity contribution in [2.75, 3.05) is 24.6 Å². The van der Waals surface area contributed by atoms with Crippen LogP contribution in [-0.4, -0.2) is 35.7 Å². The number of aromatic nitrogens is 2. The maximum absolute atomic E-state index is 5.96. The van der Waals surface area contributed by atoms with E-state index in [-0.39, 0.29) is 6.04 Å². The molecule has 94 valence electrons. The Morgan fingerprint density at radius 2 is 2.41 bits per heavy atom. The van der Waals surface area contributed by atoms with Crippen molar-refractivity contribution < 1.29 is 4.74 Å². The number of piperidine rings is 1. The van der Waals surface area contributed by atoms with E-state index in [0.717, 1.165) is 38.2 Å². The second-order valence-corrected chi connectivity index (χ2v) is 4.41. The molecular formula is C12H20N4O. The van der Waals surface area contributed by atoms with Crippen LogP contribution in [0.2, 0.25) is 0 Å². The summed E-state index contributed by atoms with van der Waals surface area (Å²) in [5.41, 5.74) is 5.96. The monoisotopic (exact) mass is 236 g/mol. The first-order valence-electron chi connectivity index (χ1n) is 6.25. The average molecular weight is 236 g/mol. The molecular weight excluding hydrogens is 216 g/mol. The molecule has 1 saturated heterocycles. The Bertz CT molecular complexity index is 358. The molecule has 0 aliphatic carbocycles. The van der Waals surface area contributed by atoms with Gasteiger partial charge in [0.25, 0.3) is 0 Å². The number of nitrogens with two attached hydrogens (primary N) is 1. The van der Waals surface area contributed by atoms with Crippen molar-refractivity contribution in [2.24, 2.45) is 5.73 Å². The SMILES string of the molecule is CCCOc1cc(N2CCC[C@@H](N)C2)ncn1. The van der Waals surface area contributed by atoms with Gasteiger partial charge in [0.05, 0.1) is 6.61 Å². The Kier molecular flexibility index (Phi) is 4.14. The van der Waals surface area contributed by atoms with Crippen molar-refractivity contribution in [3.8, 4) is 5.88 Å². The first-order chi connectivity index (χ1) is 8.29. The van der Waals surface area contributed by atoms with Crippen LogP contribution in [0.4, 0.5) is 5.82 Å². The van der Waals surface area contributed by atoms with E-state index in [2.05, 4.69) is 21.8 Å². The van der Waals surface area contributed by atoms with E-state index in [9.17, 15) is 0 Å². The Balaban J connectivity index is 2.04. The summed E-state index contributed by atoms with van der Waals surface area (Å²) in [6, 6.07) is 2.15. The largest absolute Gasteiger partial charge is 0.478 e. The summed E-state index contributed by atoms with van der Waals surface area (Å²) in [6.45, 7) is 4.64. The van der Waals surface area contributed by atoms with Gasteiger partial charge in [-0.15, -0.1) is 0 Å². The summed E-state index contributed by atoms with van der Waals surface area (Å²) in [5.74, 6) is 1.57. The fourth-order valence-electron chi connectivity index (χ4n) is 2.01. The minimum absolute atomic E-state index is 0.249. The van der Waals surface area contributed by atoms with E-state index in [4.69, 9.17) is 10.5 Å². The summed E-state index contributed by atoms with van der Waals surface area (Å²) in [4.78, 5) is 10.6. The highest BCUT2D eigenvalue weighted by atomic mass is 16.5. The minimum Gasteiger partial charge on any atom is -0.478 e. The molecule has 1 aromatic rings. The van der Waals surface area contributed by atoms with Crippen LogP contribution in [0.3, 0.4) is 0 Å². The standard InChI is InChI=1S/C12H20N4O/c1-2-6-17-12-7-11(14-9-15-12)16-5-3-4-10(13)8-16/h7,9-10H,2-6,8,13H2,1H3/t10-/m1/s1. The van der Waals surface area contributed by atoms with Gasteiger partial charge in [-0.1, -0.05) is 6.92 Å². The molecule has 1 aliphatic rings. The van der Waals surface area contributed by atoms with Crippen LogP contribution in [0.25, 0.3) is 0 Å². The Labute approximate surface area is 102 Å². The van der Waals surface area contributed by atoms with Gasteiger partial charge in [0.15, 0.2) is 0 Å². The van der Waals surface area contributed by atoms with E-state index >= 15 is 0 Å². The highest BCUT2D eigenvalue weighted by Crippen LogP contribution is 2.19. The number of anilines is 1. The van der Waals surface area contributed by atoms with Gasteiger partial charge >= 0.3 is 0 Å². The molecule has 1 fully saturated rings. The maximum atomic E-state index is 5.96. The third kappa shape index (κ3) is 3.30. The molecule has 0 radical (unpaired) electrons. The molecule has 2 heterocycles. The highest BCUT2D eigenvalue weighted by Gasteiger charge is 2.18. The summed E-state index contributed by atoms with van der Waals surface area (Å²) in [7, 11) is 0. The minimum atomic E-state index is 0.249. The summed E-state index contributed by atoms with van der Waals surface area (Å²) < 4.78 is 5.50. The lowest BCUT2D eigenvalue weighted by molar-refractivity contribution is 0.304. The van der Waals surface area contributed by atoms with E-state index < -0.39 is 0 Å². The predicted molar refractivity (Wildman–Crippen MR) is 67.2 cm³/mol. The lowest BCUT2D eigenvalue weighted by Crippen LogP contribution is -2.43. The molecule has 17 heavy (non-hydrogen) atoms. The van der Waals surface area contributed by atoms with Crippen molar-refractivity contribution in [3.05, 3.63) is 12.4 Å². The number of hydrogen-bond acceptors (Lipinski definition) is 5. The zero-order chi connectivity index (χ0) is 12.1. The molecule has 5 heteroatoms. The first-order valence-corrected chi connectivity index (χ1v) is 6.25. The van der Waals surface area contributed by atoms with Gasteiger partial charge in [0, 0.05) is 25.2 Å². The molecule has 1 aromatic heterocycles. The molecule has 0 spiro atoms. The normalized spacial score (nSPS) is 20.4.